The molecule has 0 unspecified atom stereocenters. The molecule has 0 bridgehead atoms. The SMILES string of the molecule is CNCCNCc1cn(C)nc1C. The molecule has 0 saturated carbocycles. The van der Waals surface area contributed by atoms with Gasteiger partial charge in [0.25, 0.3) is 0 Å². The predicted octanol–water partition coefficient (Wildman–Crippen LogP) is 0.0375. The van der Waals surface area contributed by atoms with E-state index in [1.54, 1.807) is 0 Å². The molecule has 1 rings (SSSR count). The lowest BCUT2D eigenvalue weighted by Crippen LogP contribution is -2.24. The van der Waals surface area contributed by atoms with Gasteiger partial charge < -0.3 is 10.6 Å². The maximum Gasteiger partial charge on any atom is 0.0638 e. The monoisotopic (exact) mass is 182 g/mol. The minimum Gasteiger partial charge on any atom is -0.318 e. The van der Waals surface area contributed by atoms with Crippen molar-refractivity contribution in [3.63, 3.8) is 0 Å². The number of aryl methyl sites for hydroxylation is 2. The molecule has 74 valence electrons. The van der Waals surface area contributed by atoms with Crippen LogP contribution in [0.15, 0.2) is 6.20 Å². The molecule has 1 aromatic heterocycles. The Bertz CT molecular complexity index is 254. The molecule has 4 heteroatoms. The van der Waals surface area contributed by atoms with Crippen molar-refractivity contribution < 1.29 is 0 Å². The third-order valence-electron chi connectivity index (χ3n) is 1.98. The van der Waals surface area contributed by atoms with Gasteiger partial charge in [-0.1, -0.05) is 0 Å². The average molecular weight is 182 g/mol. The molecule has 4 nitrogen and oxygen atoms in total. The van der Waals surface area contributed by atoms with Gasteiger partial charge in [-0.05, 0) is 14.0 Å². The summed E-state index contributed by atoms with van der Waals surface area (Å²) in [4.78, 5) is 0. The quantitative estimate of drug-likeness (QED) is 0.632. The third kappa shape index (κ3) is 3.16. The molecule has 2 N–H and O–H groups in total. The number of hydrogen-bond acceptors (Lipinski definition) is 3. The van der Waals surface area contributed by atoms with Gasteiger partial charge in [0, 0.05) is 38.4 Å². The van der Waals surface area contributed by atoms with Crippen molar-refractivity contribution in [1.29, 1.82) is 0 Å². The number of aromatic nitrogens is 2. The Balaban J connectivity index is 2.32. The summed E-state index contributed by atoms with van der Waals surface area (Å²) in [7, 11) is 3.90. The smallest absolute Gasteiger partial charge is 0.0638 e. The summed E-state index contributed by atoms with van der Waals surface area (Å²) in [6.07, 6.45) is 2.06. The molecular formula is C9H18N4. The lowest BCUT2D eigenvalue weighted by atomic mass is 10.2. The average Bonchev–Trinajstić information content (AvgIpc) is 2.39. The maximum atomic E-state index is 4.27. The molecule has 0 amide bonds. The number of nitrogens with zero attached hydrogens (tertiary/aromatic N) is 2. The summed E-state index contributed by atoms with van der Waals surface area (Å²) in [6.45, 7) is 4.93. The lowest BCUT2D eigenvalue weighted by molar-refractivity contribution is 0.649. The van der Waals surface area contributed by atoms with Crippen LogP contribution in [-0.4, -0.2) is 29.9 Å². The summed E-state index contributed by atoms with van der Waals surface area (Å²) in [5.41, 5.74) is 2.39. The van der Waals surface area contributed by atoms with Crippen molar-refractivity contribution >= 4 is 0 Å². The fraction of sp³-hybridized carbons (Fsp3) is 0.667. The highest BCUT2D eigenvalue weighted by atomic mass is 15.2. The first-order chi connectivity index (χ1) is 6.24. The summed E-state index contributed by atoms with van der Waals surface area (Å²) in [5.74, 6) is 0. The van der Waals surface area contributed by atoms with Crippen molar-refractivity contribution in [2.24, 2.45) is 7.05 Å². The summed E-state index contributed by atoms with van der Waals surface area (Å²) < 4.78 is 1.85. The van der Waals surface area contributed by atoms with Crippen molar-refractivity contribution in [3.05, 3.63) is 17.5 Å². The second-order valence-corrected chi connectivity index (χ2v) is 3.19. The van der Waals surface area contributed by atoms with Crippen LogP contribution in [0.5, 0.6) is 0 Å². The van der Waals surface area contributed by atoms with Gasteiger partial charge in [-0.15, -0.1) is 0 Å². The first kappa shape index (κ1) is 10.2. The van der Waals surface area contributed by atoms with E-state index in [0.29, 0.717) is 0 Å². The van der Waals surface area contributed by atoms with Gasteiger partial charge in [0.05, 0.1) is 5.69 Å². The fourth-order valence-electron chi connectivity index (χ4n) is 1.26. The Kier molecular flexibility index (Phi) is 3.92. The van der Waals surface area contributed by atoms with E-state index in [2.05, 4.69) is 21.9 Å². The van der Waals surface area contributed by atoms with E-state index >= 15 is 0 Å². The zero-order valence-electron chi connectivity index (χ0n) is 8.59. The number of rotatable bonds is 5. The van der Waals surface area contributed by atoms with E-state index in [1.165, 1.54) is 5.56 Å². The Hall–Kier alpha value is -0.870. The Labute approximate surface area is 79.3 Å². The zero-order valence-corrected chi connectivity index (χ0v) is 8.59. The molecule has 1 aromatic rings. The van der Waals surface area contributed by atoms with Crippen LogP contribution in [0.2, 0.25) is 0 Å². The van der Waals surface area contributed by atoms with Gasteiger partial charge in [0.2, 0.25) is 0 Å². The topological polar surface area (TPSA) is 41.9 Å². The standard InChI is InChI=1S/C9H18N4/c1-8-9(7-13(3)12-8)6-11-5-4-10-2/h7,10-11H,4-6H2,1-3H3. The second-order valence-electron chi connectivity index (χ2n) is 3.19. The maximum absolute atomic E-state index is 4.27. The van der Waals surface area contributed by atoms with E-state index < -0.39 is 0 Å². The number of hydrogen-bond donors (Lipinski definition) is 2. The second kappa shape index (κ2) is 4.99. The van der Waals surface area contributed by atoms with Crippen LogP contribution < -0.4 is 10.6 Å². The molecule has 0 aromatic carbocycles. The molecule has 0 aliphatic rings. The van der Waals surface area contributed by atoms with Crippen LogP contribution in [-0.2, 0) is 13.6 Å². The van der Waals surface area contributed by atoms with E-state index in [0.717, 1.165) is 25.3 Å². The highest BCUT2D eigenvalue weighted by molar-refractivity contribution is 5.14. The van der Waals surface area contributed by atoms with Gasteiger partial charge in [-0.3, -0.25) is 4.68 Å². The van der Waals surface area contributed by atoms with Crippen LogP contribution >= 0.6 is 0 Å². The molecule has 1 heterocycles. The third-order valence-corrected chi connectivity index (χ3v) is 1.98. The van der Waals surface area contributed by atoms with Gasteiger partial charge in [0.15, 0.2) is 0 Å². The van der Waals surface area contributed by atoms with Crippen LogP contribution in [0.1, 0.15) is 11.3 Å². The predicted molar refractivity (Wildman–Crippen MR) is 53.6 cm³/mol. The number of nitrogens with one attached hydrogen (secondary N) is 2. The molecular weight excluding hydrogens is 164 g/mol. The largest absolute Gasteiger partial charge is 0.318 e. The van der Waals surface area contributed by atoms with E-state index in [9.17, 15) is 0 Å². The van der Waals surface area contributed by atoms with Gasteiger partial charge >= 0.3 is 0 Å². The first-order valence-electron chi connectivity index (χ1n) is 4.58. The molecule has 0 spiro atoms. The van der Waals surface area contributed by atoms with E-state index in [4.69, 9.17) is 0 Å². The molecule has 0 fully saturated rings. The Morgan fingerprint density at radius 2 is 2.23 bits per heavy atom. The first-order valence-corrected chi connectivity index (χ1v) is 4.58. The van der Waals surface area contributed by atoms with Crippen LogP contribution in [0.4, 0.5) is 0 Å². The molecule has 13 heavy (non-hydrogen) atoms. The number of likely N-dealkylation sites (N-methyl/N-ethyl adjacent to an activating group) is 1. The van der Waals surface area contributed by atoms with Gasteiger partial charge in [-0.25, -0.2) is 0 Å². The van der Waals surface area contributed by atoms with E-state index in [1.807, 2.05) is 25.7 Å². The fourth-order valence-corrected chi connectivity index (χ4v) is 1.26. The summed E-state index contributed by atoms with van der Waals surface area (Å²) in [5, 5.41) is 10.7. The van der Waals surface area contributed by atoms with Crippen molar-refractivity contribution in [2.75, 3.05) is 20.1 Å². The summed E-state index contributed by atoms with van der Waals surface area (Å²) >= 11 is 0. The van der Waals surface area contributed by atoms with Crippen LogP contribution in [0, 0.1) is 6.92 Å². The molecule has 0 saturated heterocycles. The van der Waals surface area contributed by atoms with Crippen molar-refractivity contribution in [1.82, 2.24) is 20.4 Å². The Morgan fingerprint density at radius 1 is 1.46 bits per heavy atom. The molecule has 0 radical (unpaired) electrons. The minimum atomic E-state index is 0.904. The van der Waals surface area contributed by atoms with Crippen molar-refractivity contribution in [2.45, 2.75) is 13.5 Å². The molecule has 0 aliphatic carbocycles. The summed E-state index contributed by atoms with van der Waals surface area (Å²) in [6, 6.07) is 0. The van der Waals surface area contributed by atoms with Crippen LogP contribution in [0.3, 0.4) is 0 Å². The highest BCUT2D eigenvalue weighted by Crippen LogP contribution is 2.02. The van der Waals surface area contributed by atoms with E-state index in [-0.39, 0.29) is 0 Å². The van der Waals surface area contributed by atoms with Crippen molar-refractivity contribution in [3.8, 4) is 0 Å². The molecule has 0 aliphatic heterocycles. The highest BCUT2D eigenvalue weighted by Gasteiger charge is 2.00. The Morgan fingerprint density at radius 3 is 2.77 bits per heavy atom. The molecule has 0 atom stereocenters. The minimum absolute atomic E-state index is 0.904. The zero-order chi connectivity index (χ0) is 9.68. The van der Waals surface area contributed by atoms with Gasteiger partial charge in [0.1, 0.15) is 0 Å². The van der Waals surface area contributed by atoms with Gasteiger partial charge in [-0.2, -0.15) is 5.10 Å². The lowest BCUT2D eigenvalue weighted by Gasteiger charge is -2.02. The normalized spacial score (nSPS) is 10.7. The van der Waals surface area contributed by atoms with Crippen LogP contribution in [0.25, 0.3) is 0 Å².